The highest BCUT2D eigenvalue weighted by atomic mass is 79.9. The molecule has 0 aliphatic rings. The Morgan fingerprint density at radius 2 is 1.95 bits per heavy atom. The molecule has 0 aliphatic heterocycles. The summed E-state index contributed by atoms with van der Waals surface area (Å²) in [5.41, 5.74) is 1.84. The summed E-state index contributed by atoms with van der Waals surface area (Å²) in [6.07, 6.45) is -0.827. The fraction of sp³-hybridized carbons (Fsp3) is 0.200. The number of halogens is 3. The van der Waals surface area contributed by atoms with E-state index in [0.29, 0.717) is 5.56 Å². The molecule has 0 fully saturated rings. The lowest BCUT2D eigenvalue weighted by molar-refractivity contribution is 0.176. The van der Waals surface area contributed by atoms with Crippen molar-refractivity contribution in [2.24, 2.45) is 0 Å². The van der Waals surface area contributed by atoms with Crippen molar-refractivity contribution < 1.29 is 13.9 Å². The quantitative estimate of drug-likeness (QED) is 0.891. The van der Waals surface area contributed by atoms with Crippen molar-refractivity contribution in [2.75, 3.05) is 0 Å². The number of benzene rings is 2. The van der Waals surface area contributed by atoms with E-state index in [1.54, 1.807) is 6.07 Å². The van der Waals surface area contributed by atoms with E-state index in [4.69, 9.17) is 0 Å². The van der Waals surface area contributed by atoms with E-state index in [2.05, 4.69) is 15.9 Å². The molecule has 2 aromatic rings. The molecule has 0 saturated carbocycles. The molecule has 1 nitrogen and oxygen atoms in total. The summed E-state index contributed by atoms with van der Waals surface area (Å²) < 4.78 is 27.5. The summed E-state index contributed by atoms with van der Waals surface area (Å²) in [6.45, 7) is 1.91. The Bertz CT molecular complexity index is 578. The third kappa shape index (κ3) is 3.39. The van der Waals surface area contributed by atoms with E-state index >= 15 is 0 Å². The topological polar surface area (TPSA) is 20.2 Å². The maximum Gasteiger partial charge on any atom is 0.162 e. The van der Waals surface area contributed by atoms with E-state index in [0.717, 1.165) is 16.1 Å². The molecule has 1 unspecified atom stereocenters. The van der Waals surface area contributed by atoms with Crippen LogP contribution in [0.1, 0.15) is 22.8 Å². The van der Waals surface area contributed by atoms with Gasteiger partial charge in [0.2, 0.25) is 0 Å². The monoisotopic (exact) mass is 326 g/mol. The van der Waals surface area contributed by atoms with Crippen molar-refractivity contribution in [1.82, 2.24) is 0 Å². The van der Waals surface area contributed by atoms with E-state index in [9.17, 15) is 13.9 Å². The van der Waals surface area contributed by atoms with Crippen LogP contribution in [0.25, 0.3) is 0 Å². The first-order valence-corrected chi connectivity index (χ1v) is 6.64. The van der Waals surface area contributed by atoms with Crippen molar-refractivity contribution in [3.8, 4) is 0 Å². The van der Waals surface area contributed by atoms with Gasteiger partial charge in [0.1, 0.15) is 0 Å². The molecule has 0 spiro atoms. The molecule has 2 aromatic carbocycles. The third-order valence-corrected chi connectivity index (χ3v) is 3.35. The molecule has 0 radical (unpaired) electrons. The van der Waals surface area contributed by atoms with Crippen LogP contribution in [0, 0.1) is 18.6 Å². The van der Waals surface area contributed by atoms with E-state index < -0.39 is 17.7 Å². The molecule has 0 heterocycles. The second-order valence-corrected chi connectivity index (χ2v) is 5.41. The normalized spacial score (nSPS) is 12.5. The fourth-order valence-corrected chi connectivity index (χ4v) is 2.61. The predicted octanol–water partition coefficient (Wildman–Crippen LogP) is 4.31. The SMILES string of the molecule is Cc1cc(Br)cc(C(O)Cc2cccc(F)c2F)c1. The van der Waals surface area contributed by atoms with Crippen molar-refractivity contribution in [1.29, 1.82) is 0 Å². The molecule has 19 heavy (non-hydrogen) atoms. The molecule has 1 atom stereocenters. The van der Waals surface area contributed by atoms with Gasteiger partial charge in [-0.05, 0) is 41.8 Å². The lowest BCUT2D eigenvalue weighted by Gasteiger charge is -2.13. The Labute approximate surface area is 119 Å². The molecule has 4 heteroatoms. The summed E-state index contributed by atoms with van der Waals surface area (Å²) in [5, 5.41) is 10.1. The van der Waals surface area contributed by atoms with Crippen LogP contribution in [0.4, 0.5) is 8.78 Å². The second-order valence-electron chi connectivity index (χ2n) is 4.49. The van der Waals surface area contributed by atoms with Gasteiger partial charge in [-0.1, -0.05) is 34.1 Å². The standard InChI is InChI=1S/C15H13BrF2O/c1-9-5-11(7-12(16)6-9)14(19)8-10-3-2-4-13(17)15(10)18/h2-7,14,19H,8H2,1H3. The lowest BCUT2D eigenvalue weighted by Crippen LogP contribution is -2.05. The van der Waals surface area contributed by atoms with Crippen LogP contribution in [-0.2, 0) is 6.42 Å². The van der Waals surface area contributed by atoms with Gasteiger partial charge in [0.15, 0.2) is 11.6 Å². The van der Waals surface area contributed by atoms with Crippen LogP contribution in [0.2, 0.25) is 0 Å². The highest BCUT2D eigenvalue weighted by Crippen LogP contribution is 2.25. The summed E-state index contributed by atoms with van der Waals surface area (Å²) in [6, 6.07) is 9.49. The van der Waals surface area contributed by atoms with Crippen LogP contribution in [-0.4, -0.2) is 5.11 Å². The van der Waals surface area contributed by atoms with Gasteiger partial charge < -0.3 is 5.11 Å². The molecule has 0 amide bonds. The minimum absolute atomic E-state index is 0.0412. The summed E-state index contributed by atoms with van der Waals surface area (Å²) in [4.78, 5) is 0. The molecule has 1 N–H and O–H groups in total. The van der Waals surface area contributed by atoms with Crippen LogP contribution in [0.15, 0.2) is 40.9 Å². The number of aliphatic hydroxyl groups is 1. The zero-order valence-corrected chi connectivity index (χ0v) is 11.9. The number of aliphatic hydroxyl groups excluding tert-OH is 1. The molecular formula is C15H13BrF2O. The maximum absolute atomic E-state index is 13.5. The second kappa shape index (κ2) is 5.80. The van der Waals surface area contributed by atoms with Crippen molar-refractivity contribution in [3.05, 3.63) is 69.2 Å². The Morgan fingerprint density at radius 3 is 2.63 bits per heavy atom. The van der Waals surface area contributed by atoms with E-state index in [-0.39, 0.29) is 12.0 Å². The zero-order chi connectivity index (χ0) is 14.0. The van der Waals surface area contributed by atoms with Gasteiger partial charge in [-0.3, -0.25) is 0 Å². The third-order valence-electron chi connectivity index (χ3n) is 2.89. The van der Waals surface area contributed by atoms with Crippen LogP contribution in [0.5, 0.6) is 0 Å². The number of hydrogen-bond donors (Lipinski definition) is 1. The minimum Gasteiger partial charge on any atom is -0.388 e. The first-order valence-electron chi connectivity index (χ1n) is 5.85. The van der Waals surface area contributed by atoms with Crippen molar-refractivity contribution >= 4 is 15.9 Å². The molecule has 2 rings (SSSR count). The first kappa shape index (κ1) is 14.2. The molecular weight excluding hydrogens is 314 g/mol. The highest BCUT2D eigenvalue weighted by molar-refractivity contribution is 9.10. The molecule has 0 aromatic heterocycles. The van der Waals surface area contributed by atoms with Crippen LogP contribution < -0.4 is 0 Å². The van der Waals surface area contributed by atoms with Gasteiger partial charge >= 0.3 is 0 Å². The summed E-state index contributed by atoms with van der Waals surface area (Å²) >= 11 is 3.35. The Kier molecular flexibility index (Phi) is 4.32. The van der Waals surface area contributed by atoms with Gasteiger partial charge in [-0.25, -0.2) is 8.78 Å². The van der Waals surface area contributed by atoms with Crippen molar-refractivity contribution in [2.45, 2.75) is 19.4 Å². The average Bonchev–Trinajstić information content (AvgIpc) is 2.33. The average molecular weight is 327 g/mol. The number of aryl methyl sites for hydroxylation is 1. The van der Waals surface area contributed by atoms with Gasteiger partial charge in [-0.2, -0.15) is 0 Å². The van der Waals surface area contributed by atoms with Crippen LogP contribution in [0.3, 0.4) is 0 Å². The number of rotatable bonds is 3. The van der Waals surface area contributed by atoms with Crippen LogP contribution >= 0.6 is 15.9 Å². The summed E-state index contributed by atoms with van der Waals surface area (Å²) in [5.74, 6) is -1.79. The van der Waals surface area contributed by atoms with Gasteiger partial charge in [0, 0.05) is 10.9 Å². The smallest absolute Gasteiger partial charge is 0.162 e. The Hall–Kier alpha value is -1.26. The Morgan fingerprint density at radius 1 is 1.21 bits per heavy atom. The molecule has 0 saturated heterocycles. The maximum atomic E-state index is 13.5. The van der Waals surface area contributed by atoms with Gasteiger partial charge in [0.05, 0.1) is 6.10 Å². The zero-order valence-electron chi connectivity index (χ0n) is 10.3. The van der Waals surface area contributed by atoms with Crippen molar-refractivity contribution in [3.63, 3.8) is 0 Å². The predicted molar refractivity (Wildman–Crippen MR) is 73.9 cm³/mol. The molecule has 0 bridgehead atoms. The lowest BCUT2D eigenvalue weighted by atomic mass is 9.99. The Balaban J connectivity index is 2.25. The largest absolute Gasteiger partial charge is 0.388 e. The minimum atomic E-state index is -0.895. The first-order chi connectivity index (χ1) is 8.97. The van der Waals surface area contributed by atoms with Gasteiger partial charge in [0.25, 0.3) is 0 Å². The van der Waals surface area contributed by atoms with Gasteiger partial charge in [-0.15, -0.1) is 0 Å². The van der Waals surface area contributed by atoms with E-state index in [1.807, 2.05) is 19.1 Å². The summed E-state index contributed by atoms with van der Waals surface area (Å²) in [7, 11) is 0. The fourth-order valence-electron chi connectivity index (χ4n) is 1.99. The van der Waals surface area contributed by atoms with E-state index in [1.165, 1.54) is 12.1 Å². The highest BCUT2D eigenvalue weighted by Gasteiger charge is 2.14. The molecule has 100 valence electrons. The molecule has 0 aliphatic carbocycles. The number of hydrogen-bond acceptors (Lipinski definition) is 1.